The Balaban J connectivity index is 2.80. The Hall–Kier alpha value is -0.290. The molecule has 0 spiro atoms. The normalized spacial score (nSPS) is 10.9. The number of rotatable bonds is 1. The van der Waals surface area contributed by atoms with Gasteiger partial charge in [-0.2, -0.15) is 0 Å². The SMILES string of the molecule is CCc1cc(N)cc2sc(I)cc12. The third-order valence-corrected chi connectivity index (χ3v) is 3.94. The highest BCUT2D eigenvalue weighted by Crippen LogP contribution is 2.31. The summed E-state index contributed by atoms with van der Waals surface area (Å²) in [5.41, 5.74) is 8.05. The van der Waals surface area contributed by atoms with E-state index >= 15 is 0 Å². The number of fused-ring (bicyclic) bond motifs is 1. The van der Waals surface area contributed by atoms with Crippen molar-refractivity contribution in [2.45, 2.75) is 13.3 Å². The summed E-state index contributed by atoms with van der Waals surface area (Å²) in [5.74, 6) is 0. The van der Waals surface area contributed by atoms with Crippen LogP contribution in [0.15, 0.2) is 18.2 Å². The van der Waals surface area contributed by atoms with Gasteiger partial charge in [-0.3, -0.25) is 0 Å². The molecule has 1 heterocycles. The van der Waals surface area contributed by atoms with Gasteiger partial charge in [0.15, 0.2) is 0 Å². The van der Waals surface area contributed by atoms with E-state index in [-0.39, 0.29) is 0 Å². The van der Waals surface area contributed by atoms with Crippen LogP contribution in [0, 0.1) is 2.88 Å². The van der Waals surface area contributed by atoms with Gasteiger partial charge in [-0.15, -0.1) is 11.3 Å². The van der Waals surface area contributed by atoms with Crippen molar-refractivity contribution in [2.75, 3.05) is 5.73 Å². The minimum Gasteiger partial charge on any atom is -0.399 e. The molecular formula is C10H10INS. The van der Waals surface area contributed by atoms with Crippen molar-refractivity contribution >= 4 is 49.7 Å². The zero-order chi connectivity index (χ0) is 9.42. The van der Waals surface area contributed by atoms with Gasteiger partial charge in [-0.1, -0.05) is 6.92 Å². The Morgan fingerprint density at radius 3 is 2.85 bits per heavy atom. The lowest BCUT2D eigenvalue weighted by atomic mass is 10.1. The molecule has 1 aromatic carbocycles. The highest BCUT2D eigenvalue weighted by atomic mass is 127. The Morgan fingerprint density at radius 2 is 2.15 bits per heavy atom. The summed E-state index contributed by atoms with van der Waals surface area (Å²) in [7, 11) is 0. The fourth-order valence-corrected chi connectivity index (χ4v) is 3.40. The molecule has 0 saturated carbocycles. The van der Waals surface area contributed by atoms with Crippen LogP contribution in [0.5, 0.6) is 0 Å². The average molecular weight is 303 g/mol. The summed E-state index contributed by atoms with van der Waals surface area (Å²) < 4.78 is 2.63. The molecule has 1 nitrogen and oxygen atoms in total. The van der Waals surface area contributed by atoms with Gasteiger partial charge < -0.3 is 5.73 Å². The standard InChI is InChI=1S/C10H10INS/c1-2-6-3-7(12)4-9-8(6)5-10(11)13-9/h3-5H,2,12H2,1H3. The van der Waals surface area contributed by atoms with Crippen molar-refractivity contribution < 1.29 is 0 Å². The van der Waals surface area contributed by atoms with Crippen molar-refractivity contribution in [1.29, 1.82) is 0 Å². The minimum absolute atomic E-state index is 0.877. The van der Waals surface area contributed by atoms with Crippen molar-refractivity contribution in [2.24, 2.45) is 0 Å². The second-order valence-electron chi connectivity index (χ2n) is 3.00. The molecule has 0 aliphatic heterocycles. The number of nitrogen functional groups attached to an aromatic ring is 1. The summed E-state index contributed by atoms with van der Waals surface area (Å²) >= 11 is 4.16. The lowest BCUT2D eigenvalue weighted by Crippen LogP contribution is -1.87. The van der Waals surface area contributed by atoms with E-state index in [1.165, 1.54) is 18.5 Å². The number of nitrogens with two attached hydrogens (primary N) is 1. The number of thiophene rings is 1. The van der Waals surface area contributed by atoms with Gasteiger partial charge >= 0.3 is 0 Å². The first-order valence-corrected chi connectivity index (χ1v) is 6.07. The topological polar surface area (TPSA) is 26.0 Å². The molecule has 0 aliphatic carbocycles. The predicted octanol–water partition coefficient (Wildman–Crippen LogP) is 3.65. The maximum absolute atomic E-state index is 5.81. The third kappa shape index (κ3) is 1.67. The van der Waals surface area contributed by atoms with E-state index in [9.17, 15) is 0 Å². The fourth-order valence-electron chi connectivity index (χ4n) is 1.50. The molecule has 0 aliphatic rings. The second-order valence-corrected chi connectivity index (χ2v) is 5.97. The van der Waals surface area contributed by atoms with Crippen LogP contribution in [-0.4, -0.2) is 0 Å². The van der Waals surface area contributed by atoms with E-state index in [1.807, 2.05) is 0 Å². The van der Waals surface area contributed by atoms with Gasteiger partial charge in [-0.05, 0) is 58.2 Å². The van der Waals surface area contributed by atoms with E-state index in [0.29, 0.717) is 0 Å². The molecule has 68 valence electrons. The highest BCUT2D eigenvalue weighted by Gasteiger charge is 2.04. The van der Waals surface area contributed by atoms with Gasteiger partial charge in [0.1, 0.15) is 0 Å². The Bertz CT molecular complexity index is 447. The van der Waals surface area contributed by atoms with Crippen LogP contribution in [0.4, 0.5) is 5.69 Å². The lowest BCUT2D eigenvalue weighted by Gasteiger charge is -2.00. The van der Waals surface area contributed by atoms with Gasteiger partial charge in [0.2, 0.25) is 0 Å². The Labute approximate surface area is 95.1 Å². The van der Waals surface area contributed by atoms with Crippen LogP contribution in [-0.2, 0) is 6.42 Å². The molecule has 0 amide bonds. The van der Waals surface area contributed by atoms with E-state index < -0.39 is 0 Å². The molecule has 0 radical (unpaired) electrons. The number of hydrogen-bond acceptors (Lipinski definition) is 2. The molecule has 13 heavy (non-hydrogen) atoms. The second kappa shape index (κ2) is 3.46. The van der Waals surface area contributed by atoms with Gasteiger partial charge in [-0.25, -0.2) is 0 Å². The molecule has 0 unspecified atom stereocenters. The molecule has 1 aromatic heterocycles. The summed E-state index contributed by atoms with van der Waals surface area (Å²) in [6.45, 7) is 2.17. The first kappa shape index (κ1) is 9.27. The Kier molecular flexibility index (Phi) is 2.47. The van der Waals surface area contributed by atoms with Crippen molar-refractivity contribution in [3.8, 4) is 0 Å². The first-order chi connectivity index (χ1) is 6.20. The summed E-state index contributed by atoms with van der Waals surface area (Å²) in [6.07, 6.45) is 1.05. The van der Waals surface area contributed by atoms with Crippen LogP contribution in [0.3, 0.4) is 0 Å². The summed E-state index contributed by atoms with van der Waals surface area (Å²) in [4.78, 5) is 0. The van der Waals surface area contributed by atoms with Crippen LogP contribution >= 0.6 is 33.9 Å². The molecular weight excluding hydrogens is 293 g/mol. The number of hydrogen-bond donors (Lipinski definition) is 1. The molecule has 0 saturated heterocycles. The smallest absolute Gasteiger partial charge is 0.0666 e. The number of benzene rings is 1. The molecule has 0 atom stereocenters. The molecule has 2 rings (SSSR count). The zero-order valence-corrected chi connectivity index (χ0v) is 10.3. The van der Waals surface area contributed by atoms with Gasteiger partial charge in [0, 0.05) is 10.4 Å². The molecule has 3 heteroatoms. The number of aryl methyl sites for hydroxylation is 1. The lowest BCUT2D eigenvalue weighted by molar-refractivity contribution is 1.16. The van der Waals surface area contributed by atoms with E-state index in [2.05, 4.69) is 47.7 Å². The fraction of sp³-hybridized carbons (Fsp3) is 0.200. The van der Waals surface area contributed by atoms with Crippen LogP contribution in [0.2, 0.25) is 0 Å². The van der Waals surface area contributed by atoms with E-state index in [1.54, 1.807) is 11.3 Å². The molecule has 2 N–H and O–H groups in total. The molecule has 2 aromatic rings. The quantitative estimate of drug-likeness (QED) is 0.631. The van der Waals surface area contributed by atoms with Crippen LogP contribution in [0.25, 0.3) is 10.1 Å². The Morgan fingerprint density at radius 1 is 1.38 bits per heavy atom. The van der Waals surface area contributed by atoms with Crippen LogP contribution in [0.1, 0.15) is 12.5 Å². The van der Waals surface area contributed by atoms with Crippen molar-refractivity contribution in [3.05, 3.63) is 26.6 Å². The average Bonchev–Trinajstić information content (AvgIpc) is 2.43. The number of halogens is 1. The highest BCUT2D eigenvalue weighted by molar-refractivity contribution is 14.1. The van der Waals surface area contributed by atoms with Crippen molar-refractivity contribution in [1.82, 2.24) is 0 Å². The van der Waals surface area contributed by atoms with E-state index in [4.69, 9.17) is 5.73 Å². The monoisotopic (exact) mass is 303 g/mol. The molecule has 0 fully saturated rings. The summed E-state index contributed by atoms with van der Waals surface area (Å²) in [5, 5.41) is 1.37. The van der Waals surface area contributed by atoms with Crippen LogP contribution < -0.4 is 5.73 Å². The van der Waals surface area contributed by atoms with Gasteiger partial charge in [0.05, 0.1) is 2.88 Å². The first-order valence-electron chi connectivity index (χ1n) is 4.18. The molecule has 0 bridgehead atoms. The largest absolute Gasteiger partial charge is 0.399 e. The number of anilines is 1. The van der Waals surface area contributed by atoms with Gasteiger partial charge in [0.25, 0.3) is 0 Å². The van der Waals surface area contributed by atoms with Crippen molar-refractivity contribution in [3.63, 3.8) is 0 Å². The maximum atomic E-state index is 5.81. The predicted molar refractivity (Wildman–Crippen MR) is 68.3 cm³/mol. The summed E-state index contributed by atoms with van der Waals surface area (Å²) in [6, 6.07) is 6.37. The zero-order valence-electron chi connectivity index (χ0n) is 7.30. The third-order valence-electron chi connectivity index (χ3n) is 2.10. The van der Waals surface area contributed by atoms with E-state index in [0.717, 1.165) is 12.1 Å². The maximum Gasteiger partial charge on any atom is 0.0666 e. The minimum atomic E-state index is 0.877.